The molecule has 3 nitrogen and oxygen atoms in total. The van der Waals surface area contributed by atoms with E-state index in [2.05, 4.69) is 74.2 Å². The van der Waals surface area contributed by atoms with Crippen LogP contribution in [0, 0.1) is 6.92 Å². The number of aromatic nitrogens is 2. The maximum atomic E-state index is 4.56. The highest BCUT2D eigenvalue weighted by Gasteiger charge is 2.17. The third-order valence-corrected chi connectivity index (χ3v) is 4.71. The maximum absolute atomic E-state index is 4.56. The molecule has 0 unspecified atom stereocenters. The fourth-order valence-electron chi connectivity index (χ4n) is 2.00. The average molecular weight is 381 g/mol. The van der Waals surface area contributed by atoms with Gasteiger partial charge in [0, 0.05) is 24.5 Å². The van der Waals surface area contributed by atoms with Crippen molar-refractivity contribution in [3.63, 3.8) is 0 Å². The molecule has 1 heterocycles. The highest BCUT2D eigenvalue weighted by molar-refractivity contribution is 9.10. The molecule has 0 aliphatic rings. The Bertz CT molecular complexity index is 375. The van der Waals surface area contributed by atoms with E-state index in [-0.39, 0.29) is 0 Å². The van der Waals surface area contributed by atoms with Gasteiger partial charge < -0.3 is 0 Å². The second-order valence-corrected chi connectivity index (χ2v) is 6.35. The lowest BCUT2D eigenvalue weighted by atomic mass is 10.2. The molecule has 104 valence electrons. The van der Waals surface area contributed by atoms with Gasteiger partial charge in [-0.2, -0.15) is 5.10 Å². The zero-order valence-electron chi connectivity index (χ0n) is 11.7. The summed E-state index contributed by atoms with van der Waals surface area (Å²) in [6.07, 6.45) is 1.18. The second kappa shape index (κ2) is 7.65. The van der Waals surface area contributed by atoms with Crippen molar-refractivity contribution in [3.05, 3.63) is 15.9 Å². The quantitative estimate of drug-likeness (QED) is 0.667. The van der Waals surface area contributed by atoms with Crippen LogP contribution in [-0.2, 0) is 13.1 Å². The average Bonchev–Trinajstić information content (AvgIpc) is 2.61. The minimum absolute atomic E-state index is 0.552. The minimum atomic E-state index is 0.552. The minimum Gasteiger partial charge on any atom is -0.295 e. The van der Waals surface area contributed by atoms with E-state index in [1.807, 2.05) is 0 Å². The zero-order chi connectivity index (χ0) is 13.7. The van der Waals surface area contributed by atoms with E-state index >= 15 is 0 Å². The summed E-state index contributed by atoms with van der Waals surface area (Å²) in [5, 5.41) is 5.61. The summed E-state index contributed by atoms with van der Waals surface area (Å²) in [6, 6.07) is 0.552. The Labute approximate surface area is 127 Å². The summed E-state index contributed by atoms with van der Waals surface area (Å²) in [7, 11) is 0. The fourth-order valence-corrected chi connectivity index (χ4v) is 2.66. The van der Waals surface area contributed by atoms with Crippen LogP contribution in [-0.4, -0.2) is 32.6 Å². The van der Waals surface area contributed by atoms with Crippen LogP contribution in [0.3, 0.4) is 0 Å². The standard InChI is InChI=1S/C13H23Br2N3/c1-5-18-12(13(15)11(4)16-18)9-17(10(2)3)8-6-7-14/h10H,5-9H2,1-4H3. The SMILES string of the molecule is CCn1nc(C)c(Br)c1CN(CCCBr)C(C)C. The summed E-state index contributed by atoms with van der Waals surface area (Å²) in [5.74, 6) is 0. The molecule has 0 radical (unpaired) electrons. The first kappa shape index (κ1) is 16.2. The molecule has 0 aliphatic carbocycles. The first-order valence-corrected chi connectivity index (χ1v) is 8.44. The van der Waals surface area contributed by atoms with E-state index in [1.54, 1.807) is 0 Å². The van der Waals surface area contributed by atoms with Gasteiger partial charge in [-0.05, 0) is 56.6 Å². The lowest BCUT2D eigenvalue weighted by molar-refractivity contribution is 0.207. The first-order chi connectivity index (χ1) is 8.51. The lowest BCUT2D eigenvalue weighted by Gasteiger charge is -2.26. The molecule has 0 aromatic carbocycles. The van der Waals surface area contributed by atoms with Crippen molar-refractivity contribution in [1.29, 1.82) is 0 Å². The molecule has 5 heteroatoms. The van der Waals surface area contributed by atoms with Gasteiger partial charge in [-0.1, -0.05) is 15.9 Å². The molecule has 0 saturated heterocycles. The van der Waals surface area contributed by atoms with Crippen molar-refractivity contribution in [2.45, 2.75) is 53.2 Å². The smallest absolute Gasteiger partial charge is 0.0739 e. The van der Waals surface area contributed by atoms with Crippen molar-refractivity contribution >= 4 is 31.9 Å². The van der Waals surface area contributed by atoms with E-state index in [0.29, 0.717) is 6.04 Å². The van der Waals surface area contributed by atoms with Crippen LogP contribution in [0.2, 0.25) is 0 Å². The Balaban J connectivity index is 2.85. The van der Waals surface area contributed by atoms with E-state index in [0.717, 1.165) is 35.1 Å². The third-order valence-electron chi connectivity index (χ3n) is 3.11. The molecule has 1 rings (SSSR count). The third kappa shape index (κ3) is 4.07. The molecule has 0 bridgehead atoms. The maximum Gasteiger partial charge on any atom is 0.0739 e. The van der Waals surface area contributed by atoms with E-state index < -0.39 is 0 Å². The normalized spacial score (nSPS) is 11.8. The number of hydrogen-bond acceptors (Lipinski definition) is 2. The van der Waals surface area contributed by atoms with E-state index in [9.17, 15) is 0 Å². The molecule has 0 N–H and O–H groups in total. The molecule has 0 saturated carbocycles. The van der Waals surface area contributed by atoms with Gasteiger partial charge in [0.15, 0.2) is 0 Å². The molecule has 1 aromatic heterocycles. The van der Waals surface area contributed by atoms with E-state index in [1.165, 1.54) is 12.1 Å². The Morgan fingerprint density at radius 1 is 1.39 bits per heavy atom. The lowest BCUT2D eigenvalue weighted by Crippen LogP contribution is -2.32. The molecule has 0 atom stereocenters. The number of rotatable bonds is 7. The summed E-state index contributed by atoms with van der Waals surface area (Å²) in [6.45, 7) is 11.7. The summed E-state index contributed by atoms with van der Waals surface area (Å²) in [4.78, 5) is 2.49. The van der Waals surface area contributed by atoms with Crippen LogP contribution in [0.25, 0.3) is 0 Å². The van der Waals surface area contributed by atoms with Gasteiger partial charge in [0.05, 0.1) is 15.9 Å². The number of nitrogens with zero attached hydrogens (tertiary/aromatic N) is 3. The van der Waals surface area contributed by atoms with Gasteiger partial charge in [0.1, 0.15) is 0 Å². The topological polar surface area (TPSA) is 21.1 Å². The zero-order valence-corrected chi connectivity index (χ0v) is 14.9. The monoisotopic (exact) mass is 379 g/mol. The Morgan fingerprint density at radius 3 is 2.56 bits per heavy atom. The van der Waals surface area contributed by atoms with Crippen LogP contribution in [0.1, 0.15) is 38.6 Å². The summed E-state index contributed by atoms with van der Waals surface area (Å²) < 4.78 is 3.26. The molecule has 0 spiro atoms. The summed E-state index contributed by atoms with van der Waals surface area (Å²) >= 11 is 7.17. The van der Waals surface area contributed by atoms with Crippen molar-refractivity contribution in [3.8, 4) is 0 Å². The Morgan fingerprint density at radius 2 is 2.06 bits per heavy atom. The Hall–Kier alpha value is 0.130. The van der Waals surface area contributed by atoms with Gasteiger partial charge in [-0.25, -0.2) is 0 Å². The first-order valence-electron chi connectivity index (χ1n) is 6.53. The van der Waals surface area contributed by atoms with Gasteiger partial charge >= 0.3 is 0 Å². The number of halogens is 2. The van der Waals surface area contributed by atoms with Gasteiger partial charge in [0.2, 0.25) is 0 Å². The summed E-state index contributed by atoms with van der Waals surface area (Å²) in [5.41, 5.74) is 2.37. The van der Waals surface area contributed by atoms with Crippen molar-refractivity contribution in [2.24, 2.45) is 0 Å². The molecule has 0 amide bonds. The fraction of sp³-hybridized carbons (Fsp3) is 0.769. The molecular formula is C13H23Br2N3. The van der Waals surface area contributed by atoms with Crippen molar-refractivity contribution in [1.82, 2.24) is 14.7 Å². The van der Waals surface area contributed by atoms with Crippen molar-refractivity contribution in [2.75, 3.05) is 11.9 Å². The highest BCUT2D eigenvalue weighted by Crippen LogP contribution is 2.23. The predicted molar refractivity (Wildman–Crippen MR) is 84.3 cm³/mol. The molecule has 18 heavy (non-hydrogen) atoms. The predicted octanol–water partition coefficient (Wildman–Crippen LogP) is 3.97. The van der Waals surface area contributed by atoms with Gasteiger partial charge in [-0.3, -0.25) is 9.58 Å². The van der Waals surface area contributed by atoms with Gasteiger partial charge in [0.25, 0.3) is 0 Å². The van der Waals surface area contributed by atoms with Crippen LogP contribution in [0.4, 0.5) is 0 Å². The van der Waals surface area contributed by atoms with Crippen molar-refractivity contribution < 1.29 is 0 Å². The van der Waals surface area contributed by atoms with Crippen LogP contribution in [0.15, 0.2) is 4.47 Å². The van der Waals surface area contributed by atoms with E-state index in [4.69, 9.17) is 0 Å². The molecule has 0 fully saturated rings. The number of aryl methyl sites for hydroxylation is 2. The number of hydrogen-bond donors (Lipinski definition) is 0. The van der Waals surface area contributed by atoms with Gasteiger partial charge in [-0.15, -0.1) is 0 Å². The molecular weight excluding hydrogens is 358 g/mol. The molecule has 1 aromatic rings. The largest absolute Gasteiger partial charge is 0.295 e. The van der Waals surface area contributed by atoms with Crippen LogP contribution < -0.4 is 0 Å². The Kier molecular flexibility index (Phi) is 6.88. The highest BCUT2D eigenvalue weighted by atomic mass is 79.9. The number of alkyl halides is 1. The second-order valence-electron chi connectivity index (χ2n) is 4.77. The molecule has 0 aliphatic heterocycles. The van der Waals surface area contributed by atoms with Crippen LogP contribution >= 0.6 is 31.9 Å². The van der Waals surface area contributed by atoms with Crippen LogP contribution in [0.5, 0.6) is 0 Å².